The van der Waals surface area contributed by atoms with E-state index in [0.29, 0.717) is 11.3 Å². The third-order valence-electron chi connectivity index (χ3n) is 2.56. The predicted octanol–water partition coefficient (Wildman–Crippen LogP) is 2.72. The molecular weight excluding hydrogens is 214 g/mol. The zero-order valence-electron chi connectivity index (χ0n) is 9.51. The van der Waals surface area contributed by atoms with Crippen LogP contribution in [0, 0.1) is 0 Å². The standard InChI is InChI=1S/C14H13NO2/c1-17-14(16)11-8-5-9-12(15)13(11)10-6-3-2-4-7-10/h2-9H,15H2,1H3. The number of nitrogens with two attached hydrogens (primary N) is 1. The number of benzene rings is 2. The molecule has 0 atom stereocenters. The molecule has 0 spiro atoms. The number of hydrogen-bond donors (Lipinski definition) is 1. The lowest BCUT2D eigenvalue weighted by molar-refractivity contribution is 0.0601. The van der Waals surface area contributed by atoms with Crippen LogP contribution < -0.4 is 5.73 Å². The van der Waals surface area contributed by atoms with Crippen molar-refractivity contribution >= 4 is 11.7 Å². The summed E-state index contributed by atoms with van der Waals surface area (Å²) >= 11 is 0. The molecular formula is C14H13NO2. The highest BCUT2D eigenvalue weighted by atomic mass is 16.5. The van der Waals surface area contributed by atoms with E-state index in [4.69, 9.17) is 10.5 Å². The number of hydrogen-bond acceptors (Lipinski definition) is 3. The Balaban J connectivity index is 2.64. The Bertz CT molecular complexity index is 535. The Labute approximate surface area is 99.8 Å². The van der Waals surface area contributed by atoms with Crippen LogP contribution >= 0.6 is 0 Å². The van der Waals surface area contributed by atoms with Crippen molar-refractivity contribution in [2.75, 3.05) is 12.8 Å². The first-order valence-electron chi connectivity index (χ1n) is 5.26. The molecule has 2 aromatic carbocycles. The molecule has 2 aromatic rings. The summed E-state index contributed by atoms with van der Waals surface area (Å²) in [5.41, 5.74) is 8.62. The van der Waals surface area contributed by atoms with Gasteiger partial charge in [0.05, 0.1) is 12.7 Å². The van der Waals surface area contributed by atoms with Gasteiger partial charge in [-0.15, -0.1) is 0 Å². The largest absolute Gasteiger partial charge is 0.465 e. The summed E-state index contributed by atoms with van der Waals surface area (Å²) in [5.74, 6) is -0.379. The summed E-state index contributed by atoms with van der Waals surface area (Å²) in [6, 6.07) is 14.8. The Morgan fingerprint density at radius 2 is 1.76 bits per heavy atom. The van der Waals surface area contributed by atoms with Gasteiger partial charge in [0.1, 0.15) is 0 Å². The fraction of sp³-hybridized carbons (Fsp3) is 0.0714. The van der Waals surface area contributed by atoms with Crippen molar-refractivity contribution in [1.82, 2.24) is 0 Å². The molecule has 0 aliphatic carbocycles. The fourth-order valence-electron chi connectivity index (χ4n) is 1.78. The molecule has 0 aromatic heterocycles. The fourth-order valence-corrected chi connectivity index (χ4v) is 1.78. The third-order valence-corrected chi connectivity index (χ3v) is 2.56. The van der Waals surface area contributed by atoms with Gasteiger partial charge in [-0.05, 0) is 17.7 Å². The van der Waals surface area contributed by atoms with Crippen LogP contribution in [0.1, 0.15) is 10.4 Å². The SMILES string of the molecule is COC(=O)c1cccc(N)c1-c1ccccc1. The average molecular weight is 227 g/mol. The molecule has 0 aliphatic rings. The van der Waals surface area contributed by atoms with E-state index in [9.17, 15) is 4.79 Å². The van der Waals surface area contributed by atoms with Gasteiger partial charge in [0.25, 0.3) is 0 Å². The zero-order valence-corrected chi connectivity index (χ0v) is 9.51. The van der Waals surface area contributed by atoms with Crippen LogP contribution in [0.3, 0.4) is 0 Å². The maximum atomic E-state index is 11.7. The van der Waals surface area contributed by atoms with Crippen LogP contribution in [0.2, 0.25) is 0 Å². The lowest BCUT2D eigenvalue weighted by atomic mass is 9.98. The summed E-state index contributed by atoms with van der Waals surface area (Å²) in [6.07, 6.45) is 0. The maximum absolute atomic E-state index is 11.7. The van der Waals surface area contributed by atoms with Crippen LogP contribution in [0.15, 0.2) is 48.5 Å². The minimum atomic E-state index is -0.379. The molecule has 3 nitrogen and oxygen atoms in total. The van der Waals surface area contributed by atoms with Crippen molar-refractivity contribution in [2.45, 2.75) is 0 Å². The quantitative estimate of drug-likeness (QED) is 0.634. The Morgan fingerprint density at radius 1 is 1.06 bits per heavy atom. The molecule has 86 valence electrons. The molecule has 0 saturated heterocycles. The lowest BCUT2D eigenvalue weighted by Gasteiger charge is -2.10. The molecule has 2 rings (SSSR count). The highest BCUT2D eigenvalue weighted by Crippen LogP contribution is 2.29. The monoisotopic (exact) mass is 227 g/mol. The van der Waals surface area contributed by atoms with Gasteiger partial charge in [-0.1, -0.05) is 36.4 Å². The lowest BCUT2D eigenvalue weighted by Crippen LogP contribution is -2.05. The van der Waals surface area contributed by atoms with Gasteiger partial charge in [-0.25, -0.2) is 4.79 Å². The minimum absolute atomic E-state index is 0.379. The van der Waals surface area contributed by atoms with Gasteiger partial charge >= 0.3 is 5.97 Å². The number of anilines is 1. The van der Waals surface area contributed by atoms with E-state index in [-0.39, 0.29) is 5.97 Å². The summed E-state index contributed by atoms with van der Waals surface area (Å²) in [5, 5.41) is 0. The summed E-state index contributed by atoms with van der Waals surface area (Å²) in [4.78, 5) is 11.7. The number of carbonyl (C=O) groups is 1. The molecule has 17 heavy (non-hydrogen) atoms. The molecule has 3 heteroatoms. The van der Waals surface area contributed by atoms with Crippen LogP contribution in [-0.2, 0) is 4.74 Å². The number of ether oxygens (including phenoxy) is 1. The van der Waals surface area contributed by atoms with Gasteiger partial charge in [0, 0.05) is 11.3 Å². The molecule has 0 aliphatic heterocycles. The summed E-state index contributed by atoms with van der Waals surface area (Å²) < 4.78 is 4.76. The molecule has 0 fully saturated rings. The van der Waals surface area contributed by atoms with Crippen molar-refractivity contribution in [3.8, 4) is 11.1 Å². The van der Waals surface area contributed by atoms with Crippen molar-refractivity contribution in [2.24, 2.45) is 0 Å². The van der Waals surface area contributed by atoms with E-state index in [0.717, 1.165) is 11.1 Å². The normalized spacial score (nSPS) is 9.94. The van der Waals surface area contributed by atoms with Gasteiger partial charge < -0.3 is 10.5 Å². The van der Waals surface area contributed by atoms with Crippen LogP contribution in [-0.4, -0.2) is 13.1 Å². The van der Waals surface area contributed by atoms with Gasteiger partial charge in [0.2, 0.25) is 0 Å². The Morgan fingerprint density at radius 3 is 2.41 bits per heavy atom. The number of rotatable bonds is 2. The number of nitrogen functional groups attached to an aromatic ring is 1. The topological polar surface area (TPSA) is 52.3 Å². The van der Waals surface area contributed by atoms with Crippen LogP contribution in [0.5, 0.6) is 0 Å². The van der Waals surface area contributed by atoms with Gasteiger partial charge in [-0.3, -0.25) is 0 Å². The van der Waals surface area contributed by atoms with E-state index in [1.165, 1.54) is 7.11 Å². The first kappa shape index (κ1) is 11.2. The second-order valence-electron chi connectivity index (χ2n) is 3.63. The Kier molecular flexibility index (Phi) is 3.10. The van der Waals surface area contributed by atoms with E-state index < -0.39 is 0 Å². The van der Waals surface area contributed by atoms with E-state index >= 15 is 0 Å². The number of esters is 1. The van der Waals surface area contributed by atoms with E-state index in [1.54, 1.807) is 18.2 Å². The zero-order chi connectivity index (χ0) is 12.3. The smallest absolute Gasteiger partial charge is 0.338 e. The average Bonchev–Trinajstić information content (AvgIpc) is 2.38. The van der Waals surface area contributed by atoms with Gasteiger partial charge in [-0.2, -0.15) is 0 Å². The van der Waals surface area contributed by atoms with Crippen molar-refractivity contribution in [3.63, 3.8) is 0 Å². The number of methoxy groups -OCH3 is 1. The minimum Gasteiger partial charge on any atom is -0.465 e. The van der Waals surface area contributed by atoms with Crippen molar-refractivity contribution in [3.05, 3.63) is 54.1 Å². The summed E-state index contributed by atoms with van der Waals surface area (Å²) in [7, 11) is 1.36. The number of carbonyl (C=O) groups excluding carboxylic acids is 1. The Hall–Kier alpha value is -2.29. The summed E-state index contributed by atoms with van der Waals surface area (Å²) in [6.45, 7) is 0. The molecule has 0 heterocycles. The van der Waals surface area contributed by atoms with E-state index in [2.05, 4.69) is 0 Å². The molecule has 0 saturated carbocycles. The third kappa shape index (κ3) is 2.13. The molecule has 0 radical (unpaired) electrons. The second kappa shape index (κ2) is 4.70. The molecule has 0 amide bonds. The highest BCUT2D eigenvalue weighted by molar-refractivity contribution is 6.00. The van der Waals surface area contributed by atoms with Crippen molar-refractivity contribution in [1.29, 1.82) is 0 Å². The van der Waals surface area contributed by atoms with Gasteiger partial charge in [0.15, 0.2) is 0 Å². The molecule has 2 N–H and O–H groups in total. The van der Waals surface area contributed by atoms with Crippen LogP contribution in [0.25, 0.3) is 11.1 Å². The predicted molar refractivity (Wildman–Crippen MR) is 67.6 cm³/mol. The van der Waals surface area contributed by atoms with Crippen LogP contribution in [0.4, 0.5) is 5.69 Å². The second-order valence-corrected chi connectivity index (χ2v) is 3.63. The molecule has 0 bridgehead atoms. The van der Waals surface area contributed by atoms with E-state index in [1.807, 2.05) is 30.3 Å². The first-order chi connectivity index (χ1) is 8.24. The molecule has 0 unspecified atom stereocenters. The highest BCUT2D eigenvalue weighted by Gasteiger charge is 2.15. The first-order valence-corrected chi connectivity index (χ1v) is 5.26. The maximum Gasteiger partial charge on any atom is 0.338 e. The van der Waals surface area contributed by atoms with Crippen molar-refractivity contribution < 1.29 is 9.53 Å².